The maximum absolute atomic E-state index is 10.8. The number of amidine groups is 1. The van der Waals surface area contributed by atoms with E-state index in [4.69, 9.17) is 20.0 Å². The van der Waals surface area contributed by atoms with Gasteiger partial charge in [0.15, 0.2) is 0 Å². The summed E-state index contributed by atoms with van der Waals surface area (Å²) in [7, 11) is 0. The third-order valence-electron chi connectivity index (χ3n) is 4.13. The predicted octanol–water partition coefficient (Wildman–Crippen LogP) is 1.30. The second-order valence-corrected chi connectivity index (χ2v) is 6.00. The average molecular weight is 312 g/mol. The Balaban J connectivity index is 2.13. The lowest BCUT2D eigenvalue weighted by Gasteiger charge is -2.45. The minimum absolute atomic E-state index is 0.183. The van der Waals surface area contributed by atoms with Gasteiger partial charge in [-0.3, -0.25) is 0 Å². The molecule has 0 aromatic heterocycles. The lowest BCUT2D eigenvalue weighted by Crippen LogP contribution is -2.54. The number of hydrogen-bond acceptors (Lipinski definition) is 6. The van der Waals surface area contributed by atoms with E-state index < -0.39 is 17.7 Å². The molecule has 0 aliphatic carbocycles. The van der Waals surface area contributed by atoms with E-state index in [1.54, 1.807) is 43.1 Å². The van der Waals surface area contributed by atoms with Crippen LogP contribution in [0.25, 0.3) is 0 Å². The van der Waals surface area contributed by atoms with Crippen LogP contribution in [0.15, 0.2) is 23.2 Å². The molecule has 2 aliphatic heterocycles. The summed E-state index contributed by atoms with van der Waals surface area (Å²) in [6.45, 7) is 4.47. The zero-order chi connectivity index (χ0) is 16.6. The third kappa shape index (κ3) is 2.45. The molecule has 0 radical (unpaired) electrons. The zero-order valence-electron chi connectivity index (χ0n) is 12.9. The summed E-state index contributed by atoms with van der Waals surface area (Å²) in [5, 5.41) is 28.8. The van der Waals surface area contributed by atoms with Crippen LogP contribution >= 0.6 is 0 Å². The molecule has 23 heavy (non-hydrogen) atoms. The second-order valence-electron chi connectivity index (χ2n) is 6.00. The first kappa shape index (κ1) is 15.1. The standard InChI is InChI=1S/C16H16N4O3/c1-16(2)14(21)13(20-5-6-22-15(20)19-9-18)11-7-10(8-17)3-4-12(11)23-16/h3-4,7,13-14,21H,5-6H2,1-2H3. The minimum atomic E-state index is -0.880. The Morgan fingerprint density at radius 3 is 2.87 bits per heavy atom. The Bertz CT molecular complexity index is 745. The number of aliphatic hydroxyl groups is 1. The molecule has 0 spiro atoms. The molecule has 3 rings (SSSR count). The summed E-state index contributed by atoms with van der Waals surface area (Å²) >= 11 is 0. The van der Waals surface area contributed by atoms with Crippen LogP contribution in [0.5, 0.6) is 5.75 Å². The molecular formula is C16H16N4O3. The smallest absolute Gasteiger partial charge is 0.303 e. The fourth-order valence-electron chi connectivity index (χ4n) is 2.99. The van der Waals surface area contributed by atoms with Crippen LogP contribution < -0.4 is 4.74 Å². The maximum atomic E-state index is 10.8. The molecule has 1 saturated heterocycles. The maximum Gasteiger partial charge on any atom is 0.303 e. The van der Waals surface area contributed by atoms with Crippen LogP contribution in [0.2, 0.25) is 0 Å². The number of aliphatic hydroxyl groups excluding tert-OH is 1. The highest BCUT2D eigenvalue weighted by Crippen LogP contribution is 2.43. The SMILES string of the molecule is CC1(C)Oc2ccc(C#N)cc2C(N2CCOC2=NC#N)C1O. The van der Waals surface area contributed by atoms with Crippen LogP contribution in [0.4, 0.5) is 0 Å². The fourth-order valence-corrected chi connectivity index (χ4v) is 2.99. The van der Waals surface area contributed by atoms with E-state index in [1.807, 2.05) is 0 Å². The van der Waals surface area contributed by atoms with Crippen molar-refractivity contribution < 1.29 is 14.6 Å². The summed E-state index contributed by atoms with van der Waals surface area (Å²) in [5.74, 6) is 0.604. The minimum Gasteiger partial charge on any atom is -0.485 e. The molecule has 2 aliphatic rings. The molecule has 0 amide bonds. The molecule has 0 bridgehead atoms. The number of rotatable bonds is 1. The molecule has 1 aromatic rings. The van der Waals surface area contributed by atoms with Crippen molar-refractivity contribution in [3.8, 4) is 18.0 Å². The topological polar surface area (TPSA) is 102 Å². The van der Waals surface area contributed by atoms with Gasteiger partial charge in [-0.15, -0.1) is 4.99 Å². The van der Waals surface area contributed by atoms with Gasteiger partial charge in [0.1, 0.15) is 24.1 Å². The van der Waals surface area contributed by atoms with Crippen molar-refractivity contribution in [2.45, 2.75) is 31.6 Å². The fraction of sp³-hybridized carbons (Fsp3) is 0.438. The average Bonchev–Trinajstić information content (AvgIpc) is 2.96. The zero-order valence-corrected chi connectivity index (χ0v) is 12.9. The van der Waals surface area contributed by atoms with Crippen LogP contribution in [0.1, 0.15) is 31.0 Å². The van der Waals surface area contributed by atoms with Gasteiger partial charge in [0.25, 0.3) is 0 Å². The monoisotopic (exact) mass is 312 g/mol. The summed E-state index contributed by atoms with van der Waals surface area (Å²) in [6, 6.07) is 6.87. The summed E-state index contributed by atoms with van der Waals surface area (Å²) in [4.78, 5) is 5.44. The van der Waals surface area contributed by atoms with E-state index in [1.165, 1.54) is 0 Å². The summed E-state index contributed by atoms with van der Waals surface area (Å²) in [6.07, 6.45) is 0.837. The molecule has 1 N–H and O–H groups in total. The number of nitrogens with zero attached hydrogens (tertiary/aromatic N) is 4. The molecule has 118 valence electrons. The van der Waals surface area contributed by atoms with Crippen molar-refractivity contribution in [3.63, 3.8) is 0 Å². The highest BCUT2D eigenvalue weighted by molar-refractivity contribution is 5.77. The number of benzene rings is 1. The number of nitriles is 2. The first-order valence-corrected chi connectivity index (χ1v) is 7.25. The van der Waals surface area contributed by atoms with Crippen molar-refractivity contribution >= 4 is 6.02 Å². The quantitative estimate of drug-likeness (QED) is 0.784. The van der Waals surface area contributed by atoms with Crippen LogP contribution in [0, 0.1) is 22.8 Å². The van der Waals surface area contributed by atoms with Gasteiger partial charge in [0, 0.05) is 5.56 Å². The second kappa shape index (κ2) is 5.45. The van der Waals surface area contributed by atoms with Crippen molar-refractivity contribution in [1.29, 1.82) is 10.5 Å². The van der Waals surface area contributed by atoms with E-state index in [0.29, 0.717) is 30.0 Å². The Kier molecular flexibility index (Phi) is 3.59. The van der Waals surface area contributed by atoms with Crippen LogP contribution in [-0.4, -0.2) is 40.9 Å². The Labute approximate surface area is 134 Å². The number of ether oxygens (including phenoxy) is 2. The molecule has 0 saturated carbocycles. The highest BCUT2D eigenvalue weighted by atomic mass is 16.5. The van der Waals surface area contributed by atoms with E-state index in [2.05, 4.69) is 11.1 Å². The lowest BCUT2D eigenvalue weighted by molar-refractivity contribution is -0.0803. The molecule has 7 heteroatoms. The van der Waals surface area contributed by atoms with Crippen LogP contribution in [0.3, 0.4) is 0 Å². The van der Waals surface area contributed by atoms with E-state index >= 15 is 0 Å². The van der Waals surface area contributed by atoms with Gasteiger partial charge in [0.2, 0.25) is 6.19 Å². The third-order valence-corrected chi connectivity index (χ3v) is 4.13. The van der Waals surface area contributed by atoms with Gasteiger partial charge in [-0.1, -0.05) is 0 Å². The van der Waals surface area contributed by atoms with Crippen molar-refractivity contribution in [2.75, 3.05) is 13.2 Å². The largest absolute Gasteiger partial charge is 0.485 e. The first-order valence-electron chi connectivity index (χ1n) is 7.25. The molecule has 1 aromatic carbocycles. The van der Waals surface area contributed by atoms with E-state index in [0.717, 1.165) is 0 Å². The van der Waals surface area contributed by atoms with Gasteiger partial charge in [-0.05, 0) is 32.0 Å². The van der Waals surface area contributed by atoms with Gasteiger partial charge < -0.3 is 19.5 Å². The van der Waals surface area contributed by atoms with Crippen molar-refractivity contribution in [1.82, 2.24) is 4.90 Å². The van der Waals surface area contributed by atoms with E-state index in [9.17, 15) is 5.11 Å². The first-order chi connectivity index (χ1) is 11.0. The van der Waals surface area contributed by atoms with Gasteiger partial charge in [-0.2, -0.15) is 10.5 Å². The molecule has 2 atom stereocenters. The number of aliphatic imine (C=N–C) groups is 1. The normalized spacial score (nSPS) is 26.7. The summed E-state index contributed by atoms with van der Waals surface area (Å²) in [5.41, 5.74) is 0.335. The molecule has 2 unspecified atom stereocenters. The van der Waals surface area contributed by atoms with Crippen LogP contribution in [-0.2, 0) is 4.74 Å². The number of fused-ring (bicyclic) bond motifs is 1. The van der Waals surface area contributed by atoms with Gasteiger partial charge >= 0.3 is 6.02 Å². The number of hydrogen-bond donors (Lipinski definition) is 1. The van der Waals surface area contributed by atoms with Crippen molar-refractivity contribution in [2.24, 2.45) is 4.99 Å². The van der Waals surface area contributed by atoms with E-state index in [-0.39, 0.29) is 6.02 Å². The van der Waals surface area contributed by atoms with Crippen molar-refractivity contribution in [3.05, 3.63) is 29.3 Å². The Hall–Kier alpha value is -2.77. The molecule has 2 heterocycles. The Morgan fingerprint density at radius 1 is 1.39 bits per heavy atom. The van der Waals surface area contributed by atoms with Gasteiger partial charge in [0.05, 0.1) is 24.2 Å². The lowest BCUT2D eigenvalue weighted by atomic mass is 9.85. The molecule has 7 nitrogen and oxygen atoms in total. The molecule has 1 fully saturated rings. The molecular weight excluding hydrogens is 296 g/mol. The predicted molar refractivity (Wildman–Crippen MR) is 80.3 cm³/mol. The highest BCUT2D eigenvalue weighted by Gasteiger charge is 2.47. The van der Waals surface area contributed by atoms with Gasteiger partial charge in [-0.25, -0.2) is 0 Å². The Morgan fingerprint density at radius 2 is 2.17 bits per heavy atom. The summed E-state index contributed by atoms with van der Waals surface area (Å²) < 4.78 is 11.3.